The predicted octanol–water partition coefficient (Wildman–Crippen LogP) is 4.54. The summed E-state index contributed by atoms with van der Waals surface area (Å²) < 4.78 is 0. The summed E-state index contributed by atoms with van der Waals surface area (Å²) >= 11 is 0. The maximum atomic E-state index is 13.3. The Morgan fingerprint density at radius 3 is 2.03 bits per heavy atom. The number of nitrogens with one attached hydrogen (secondary N) is 3. The smallest absolute Gasteiger partial charge is 0.254 e. The Kier molecular flexibility index (Phi) is 10.3. The Morgan fingerprint density at radius 1 is 0.919 bits per heavy atom. The van der Waals surface area contributed by atoms with Gasteiger partial charge in [-0.15, -0.1) is 0 Å². The molecule has 0 atom stereocenters. The van der Waals surface area contributed by atoms with Crippen molar-refractivity contribution in [2.45, 2.75) is 84.0 Å². The van der Waals surface area contributed by atoms with E-state index in [9.17, 15) is 4.79 Å². The topological polar surface area (TPSA) is 92.9 Å². The van der Waals surface area contributed by atoms with E-state index in [0.717, 1.165) is 30.7 Å². The third-order valence-electron chi connectivity index (χ3n) is 7.36. The summed E-state index contributed by atoms with van der Waals surface area (Å²) in [6.07, 6.45) is 15.5. The number of hydrogen-bond acceptors (Lipinski definition) is 5. The van der Waals surface area contributed by atoms with Crippen molar-refractivity contribution in [1.82, 2.24) is 35.1 Å². The summed E-state index contributed by atoms with van der Waals surface area (Å²) in [4.78, 5) is 32.5. The van der Waals surface area contributed by atoms with E-state index in [2.05, 4.69) is 56.1 Å². The zero-order chi connectivity index (χ0) is 25.9. The molecule has 2 heterocycles. The van der Waals surface area contributed by atoms with Gasteiger partial charge in [0.1, 0.15) is 11.6 Å². The van der Waals surface area contributed by atoms with E-state index in [4.69, 9.17) is 0 Å². The SMILES string of the molecule is CCCN(CCC)C1CCC(NCCc2ccc(C(=O)N(Cc3ncc[nH]3)Cc3ncc[nH]3)cc2)CC1. The van der Waals surface area contributed by atoms with E-state index in [1.165, 1.54) is 57.2 Å². The summed E-state index contributed by atoms with van der Waals surface area (Å²) in [5, 5.41) is 3.78. The van der Waals surface area contributed by atoms with E-state index >= 15 is 0 Å². The Balaban J connectivity index is 1.25. The van der Waals surface area contributed by atoms with Crippen molar-refractivity contribution < 1.29 is 4.79 Å². The van der Waals surface area contributed by atoms with Crippen LogP contribution < -0.4 is 5.32 Å². The molecular formula is C29H43N7O. The molecular weight excluding hydrogens is 462 g/mol. The van der Waals surface area contributed by atoms with Gasteiger partial charge in [0.25, 0.3) is 5.91 Å². The lowest BCUT2D eigenvalue weighted by Crippen LogP contribution is -2.43. The van der Waals surface area contributed by atoms with Crippen LogP contribution in [0.1, 0.15) is 79.9 Å². The van der Waals surface area contributed by atoms with Crippen LogP contribution in [-0.4, -0.2) is 67.4 Å². The van der Waals surface area contributed by atoms with Crippen LogP contribution in [0.4, 0.5) is 0 Å². The first kappa shape index (κ1) is 27.1. The zero-order valence-electron chi connectivity index (χ0n) is 22.5. The summed E-state index contributed by atoms with van der Waals surface area (Å²) in [5.41, 5.74) is 1.93. The highest BCUT2D eigenvalue weighted by molar-refractivity contribution is 5.94. The first-order valence-corrected chi connectivity index (χ1v) is 14.0. The second kappa shape index (κ2) is 14.1. The van der Waals surface area contributed by atoms with Gasteiger partial charge in [0.2, 0.25) is 0 Å². The molecule has 3 N–H and O–H groups in total. The van der Waals surface area contributed by atoms with Crippen molar-refractivity contribution in [3.05, 3.63) is 71.8 Å². The van der Waals surface area contributed by atoms with Gasteiger partial charge in [-0.3, -0.25) is 4.79 Å². The molecule has 0 bridgehead atoms. The van der Waals surface area contributed by atoms with Crippen LogP contribution in [0.3, 0.4) is 0 Å². The highest BCUT2D eigenvalue weighted by Crippen LogP contribution is 2.24. The largest absolute Gasteiger partial charge is 0.347 e. The van der Waals surface area contributed by atoms with Gasteiger partial charge in [-0.25, -0.2) is 9.97 Å². The maximum absolute atomic E-state index is 13.3. The van der Waals surface area contributed by atoms with Gasteiger partial charge < -0.3 is 25.1 Å². The third-order valence-corrected chi connectivity index (χ3v) is 7.36. The molecule has 1 aliphatic rings. The number of aromatic amines is 2. The van der Waals surface area contributed by atoms with E-state index in [1.54, 1.807) is 29.7 Å². The van der Waals surface area contributed by atoms with Crippen molar-refractivity contribution in [3.8, 4) is 0 Å². The van der Waals surface area contributed by atoms with E-state index < -0.39 is 0 Å². The van der Waals surface area contributed by atoms with Crippen LogP contribution in [0.5, 0.6) is 0 Å². The molecule has 8 nitrogen and oxygen atoms in total. The van der Waals surface area contributed by atoms with Gasteiger partial charge in [-0.05, 0) is 82.3 Å². The fraction of sp³-hybridized carbons (Fsp3) is 0.552. The Labute approximate surface area is 221 Å². The van der Waals surface area contributed by atoms with Crippen LogP contribution in [0.25, 0.3) is 0 Å². The number of carbonyl (C=O) groups excluding carboxylic acids is 1. The standard InChI is InChI=1S/C29H43N7O/c1-3-19-35(20-4-2)26-11-9-25(10-12-26)30-14-13-23-5-7-24(8-6-23)29(37)36(21-27-31-15-16-32-27)22-28-33-17-18-34-28/h5-8,15-18,25-26,30H,3-4,9-14,19-22H2,1-2H3,(H,31,32)(H,33,34). The van der Waals surface area contributed by atoms with Gasteiger partial charge in [-0.1, -0.05) is 26.0 Å². The Morgan fingerprint density at radius 2 is 1.51 bits per heavy atom. The number of amides is 1. The molecule has 200 valence electrons. The van der Waals surface area contributed by atoms with Crippen molar-refractivity contribution in [2.24, 2.45) is 0 Å². The molecule has 0 unspecified atom stereocenters. The normalized spacial score (nSPS) is 17.8. The van der Waals surface area contributed by atoms with Crippen molar-refractivity contribution in [1.29, 1.82) is 0 Å². The summed E-state index contributed by atoms with van der Waals surface area (Å²) in [6, 6.07) is 9.43. The molecule has 3 aromatic rings. The second-order valence-corrected chi connectivity index (χ2v) is 10.2. The van der Waals surface area contributed by atoms with Crippen LogP contribution in [0.2, 0.25) is 0 Å². The molecule has 2 aromatic heterocycles. The summed E-state index contributed by atoms with van der Waals surface area (Å²) in [6.45, 7) is 8.81. The molecule has 8 heteroatoms. The molecule has 1 amide bonds. The van der Waals surface area contributed by atoms with Crippen molar-refractivity contribution >= 4 is 5.91 Å². The molecule has 0 saturated heterocycles. The first-order valence-electron chi connectivity index (χ1n) is 14.0. The quantitative estimate of drug-likeness (QED) is 0.299. The fourth-order valence-electron chi connectivity index (χ4n) is 5.44. The van der Waals surface area contributed by atoms with Gasteiger partial charge in [0.05, 0.1) is 13.1 Å². The number of aromatic nitrogens is 4. The van der Waals surface area contributed by atoms with Gasteiger partial charge in [-0.2, -0.15) is 0 Å². The van der Waals surface area contributed by atoms with Crippen molar-refractivity contribution in [3.63, 3.8) is 0 Å². The summed E-state index contributed by atoms with van der Waals surface area (Å²) in [7, 11) is 0. The van der Waals surface area contributed by atoms with E-state index in [1.807, 2.05) is 12.1 Å². The number of benzene rings is 1. The van der Waals surface area contributed by atoms with E-state index in [0.29, 0.717) is 24.7 Å². The second-order valence-electron chi connectivity index (χ2n) is 10.2. The van der Waals surface area contributed by atoms with Crippen LogP contribution >= 0.6 is 0 Å². The molecule has 37 heavy (non-hydrogen) atoms. The third kappa shape index (κ3) is 8.01. The average molecular weight is 506 g/mol. The zero-order valence-corrected chi connectivity index (χ0v) is 22.5. The summed E-state index contributed by atoms with van der Waals surface area (Å²) in [5.74, 6) is 1.47. The molecule has 1 fully saturated rings. The number of H-pyrrole nitrogens is 2. The highest BCUT2D eigenvalue weighted by atomic mass is 16.2. The first-order chi connectivity index (χ1) is 18.2. The average Bonchev–Trinajstić information content (AvgIpc) is 3.63. The molecule has 0 radical (unpaired) electrons. The fourth-order valence-corrected chi connectivity index (χ4v) is 5.44. The van der Waals surface area contributed by atoms with Gasteiger partial charge in [0.15, 0.2) is 0 Å². The molecule has 1 saturated carbocycles. The molecule has 4 rings (SSSR count). The van der Waals surface area contributed by atoms with Gasteiger partial charge in [0, 0.05) is 42.4 Å². The van der Waals surface area contributed by atoms with Crippen LogP contribution in [0, 0.1) is 0 Å². The van der Waals surface area contributed by atoms with Crippen LogP contribution in [0.15, 0.2) is 49.1 Å². The minimum Gasteiger partial charge on any atom is -0.347 e. The predicted molar refractivity (Wildman–Crippen MR) is 147 cm³/mol. The molecule has 0 spiro atoms. The highest BCUT2D eigenvalue weighted by Gasteiger charge is 2.25. The lowest BCUT2D eigenvalue weighted by Gasteiger charge is -2.37. The monoisotopic (exact) mass is 505 g/mol. The number of hydrogen-bond donors (Lipinski definition) is 3. The minimum atomic E-state index is -0.0329. The molecule has 0 aliphatic heterocycles. The molecule has 1 aliphatic carbocycles. The Hall–Kier alpha value is -2.97. The van der Waals surface area contributed by atoms with Crippen molar-refractivity contribution in [2.75, 3.05) is 19.6 Å². The van der Waals surface area contributed by atoms with Gasteiger partial charge >= 0.3 is 0 Å². The van der Waals surface area contributed by atoms with Crippen LogP contribution in [-0.2, 0) is 19.5 Å². The lowest BCUT2D eigenvalue weighted by molar-refractivity contribution is 0.0721. The number of rotatable bonds is 14. The minimum absolute atomic E-state index is 0.0329. The number of carbonyl (C=O) groups is 1. The maximum Gasteiger partial charge on any atom is 0.254 e. The Bertz CT molecular complexity index is 983. The number of nitrogens with zero attached hydrogens (tertiary/aromatic N) is 4. The molecule has 1 aromatic carbocycles. The van der Waals surface area contributed by atoms with E-state index in [-0.39, 0.29) is 5.91 Å². The lowest BCUT2D eigenvalue weighted by atomic mass is 9.89. The number of imidazole rings is 2.